The predicted octanol–water partition coefficient (Wildman–Crippen LogP) is 3.80. The second-order valence-corrected chi connectivity index (χ2v) is 4.99. The molecule has 66 valence electrons. The summed E-state index contributed by atoms with van der Waals surface area (Å²) >= 11 is 6.35. The van der Waals surface area contributed by atoms with Crippen molar-refractivity contribution < 1.29 is 4.79 Å². The highest BCUT2D eigenvalue weighted by atomic mass is 79.9. The van der Waals surface area contributed by atoms with E-state index in [0.29, 0.717) is 0 Å². The Hall–Kier alpha value is -0.450. The summed E-state index contributed by atoms with van der Waals surface area (Å²) in [6, 6.07) is 3.73. The molecular weight excluding hydrogens is 268 g/mol. The van der Waals surface area contributed by atoms with Crippen LogP contribution in [0.15, 0.2) is 32.7 Å². The van der Waals surface area contributed by atoms with Gasteiger partial charge in [0.1, 0.15) is 0 Å². The summed E-state index contributed by atoms with van der Waals surface area (Å²) in [5.74, 6) is 0.100. The standard InChI is InChI=1S/C9H5BrOS2/c10-7-5-12-4-6(7)9(11)8-2-1-3-13-8/h1-5H. The third-order valence-electron chi connectivity index (χ3n) is 1.60. The normalized spacial score (nSPS) is 10.2. The number of halogens is 1. The maximum absolute atomic E-state index is 11.8. The molecule has 0 bridgehead atoms. The Morgan fingerprint density at radius 1 is 1.38 bits per heavy atom. The zero-order chi connectivity index (χ0) is 9.26. The largest absolute Gasteiger partial charge is 0.288 e. The highest BCUT2D eigenvalue weighted by Gasteiger charge is 2.13. The van der Waals surface area contributed by atoms with E-state index in [4.69, 9.17) is 0 Å². The van der Waals surface area contributed by atoms with Crippen LogP contribution in [0.3, 0.4) is 0 Å². The molecule has 0 saturated carbocycles. The van der Waals surface area contributed by atoms with Gasteiger partial charge in [0.2, 0.25) is 5.78 Å². The average Bonchev–Trinajstić information content (AvgIpc) is 2.72. The lowest BCUT2D eigenvalue weighted by Crippen LogP contribution is -1.96. The predicted molar refractivity (Wildman–Crippen MR) is 59.8 cm³/mol. The van der Waals surface area contributed by atoms with Crippen LogP contribution in [0.5, 0.6) is 0 Å². The Kier molecular flexibility index (Phi) is 2.62. The van der Waals surface area contributed by atoms with E-state index < -0.39 is 0 Å². The topological polar surface area (TPSA) is 17.1 Å². The van der Waals surface area contributed by atoms with Crippen LogP contribution in [-0.2, 0) is 0 Å². The van der Waals surface area contributed by atoms with Gasteiger partial charge in [0.15, 0.2) is 0 Å². The Morgan fingerprint density at radius 2 is 2.23 bits per heavy atom. The van der Waals surface area contributed by atoms with Crippen LogP contribution in [0.4, 0.5) is 0 Å². The molecule has 2 aromatic heterocycles. The molecule has 0 aliphatic rings. The molecule has 0 atom stereocenters. The molecule has 0 amide bonds. The van der Waals surface area contributed by atoms with Crippen LogP contribution in [0, 0.1) is 0 Å². The second-order valence-electron chi connectivity index (χ2n) is 2.44. The smallest absolute Gasteiger partial charge is 0.204 e. The number of hydrogen-bond acceptors (Lipinski definition) is 3. The zero-order valence-electron chi connectivity index (χ0n) is 6.49. The first kappa shape index (κ1) is 9.12. The summed E-state index contributed by atoms with van der Waals surface area (Å²) in [4.78, 5) is 12.6. The summed E-state index contributed by atoms with van der Waals surface area (Å²) in [5, 5.41) is 5.69. The van der Waals surface area contributed by atoms with Gasteiger partial charge in [-0.1, -0.05) is 6.07 Å². The first-order valence-electron chi connectivity index (χ1n) is 3.59. The summed E-state index contributed by atoms with van der Waals surface area (Å²) in [6.07, 6.45) is 0. The minimum absolute atomic E-state index is 0.100. The molecular formula is C9H5BrOS2. The Bertz CT molecular complexity index is 417. The molecule has 2 heterocycles. The third-order valence-corrected chi connectivity index (χ3v) is 4.18. The maximum Gasteiger partial charge on any atom is 0.204 e. The molecule has 0 radical (unpaired) electrons. The van der Waals surface area contributed by atoms with Crippen LogP contribution in [0.1, 0.15) is 15.2 Å². The van der Waals surface area contributed by atoms with Gasteiger partial charge in [-0.2, -0.15) is 11.3 Å². The maximum atomic E-state index is 11.8. The highest BCUT2D eigenvalue weighted by molar-refractivity contribution is 9.10. The number of carbonyl (C=O) groups is 1. The van der Waals surface area contributed by atoms with Crippen LogP contribution in [0.2, 0.25) is 0 Å². The van der Waals surface area contributed by atoms with E-state index in [1.54, 1.807) is 0 Å². The number of rotatable bonds is 2. The third kappa shape index (κ3) is 1.75. The minimum Gasteiger partial charge on any atom is -0.288 e. The van der Waals surface area contributed by atoms with E-state index >= 15 is 0 Å². The summed E-state index contributed by atoms with van der Waals surface area (Å²) in [7, 11) is 0. The molecule has 0 N–H and O–H groups in total. The Labute approximate surface area is 92.2 Å². The molecule has 0 aliphatic heterocycles. The lowest BCUT2D eigenvalue weighted by Gasteiger charge is -1.93. The SMILES string of the molecule is O=C(c1cccs1)c1cscc1Br. The lowest BCUT2D eigenvalue weighted by molar-refractivity contribution is 0.104. The molecule has 0 aliphatic carbocycles. The monoisotopic (exact) mass is 272 g/mol. The molecule has 0 fully saturated rings. The average molecular weight is 273 g/mol. The molecule has 0 unspecified atom stereocenters. The summed E-state index contributed by atoms with van der Waals surface area (Å²) in [6.45, 7) is 0. The highest BCUT2D eigenvalue weighted by Crippen LogP contribution is 2.25. The molecule has 2 rings (SSSR count). The molecule has 0 saturated heterocycles. The van der Waals surface area contributed by atoms with Crippen molar-refractivity contribution in [3.8, 4) is 0 Å². The van der Waals surface area contributed by atoms with Gasteiger partial charge >= 0.3 is 0 Å². The lowest BCUT2D eigenvalue weighted by atomic mass is 10.2. The minimum atomic E-state index is 0.100. The van der Waals surface area contributed by atoms with E-state index in [2.05, 4.69) is 15.9 Å². The van der Waals surface area contributed by atoms with Crippen LogP contribution >= 0.6 is 38.6 Å². The van der Waals surface area contributed by atoms with Gasteiger partial charge < -0.3 is 0 Å². The number of thiophene rings is 2. The second kappa shape index (κ2) is 3.74. The quantitative estimate of drug-likeness (QED) is 0.760. The van der Waals surface area contributed by atoms with Crippen molar-refractivity contribution in [3.05, 3.63) is 43.2 Å². The van der Waals surface area contributed by atoms with Crippen molar-refractivity contribution in [3.63, 3.8) is 0 Å². The Balaban J connectivity index is 2.39. The Morgan fingerprint density at radius 3 is 2.77 bits per heavy atom. The molecule has 1 nitrogen and oxygen atoms in total. The van der Waals surface area contributed by atoms with Crippen molar-refractivity contribution in [2.45, 2.75) is 0 Å². The fraction of sp³-hybridized carbons (Fsp3) is 0. The van der Waals surface area contributed by atoms with Crippen molar-refractivity contribution in [1.82, 2.24) is 0 Å². The van der Waals surface area contributed by atoms with E-state index in [0.717, 1.165) is 14.9 Å². The van der Waals surface area contributed by atoms with Gasteiger partial charge in [0.25, 0.3) is 0 Å². The first-order valence-corrected chi connectivity index (χ1v) is 6.20. The fourth-order valence-electron chi connectivity index (χ4n) is 0.984. The van der Waals surface area contributed by atoms with Crippen molar-refractivity contribution in [2.24, 2.45) is 0 Å². The van der Waals surface area contributed by atoms with Crippen molar-refractivity contribution in [1.29, 1.82) is 0 Å². The van der Waals surface area contributed by atoms with E-state index in [1.165, 1.54) is 22.7 Å². The van der Waals surface area contributed by atoms with Gasteiger partial charge in [-0.15, -0.1) is 11.3 Å². The number of carbonyl (C=O) groups excluding carboxylic acids is 1. The van der Waals surface area contributed by atoms with Gasteiger partial charge in [0, 0.05) is 20.8 Å². The number of ketones is 1. The van der Waals surface area contributed by atoms with Gasteiger partial charge in [-0.3, -0.25) is 4.79 Å². The zero-order valence-corrected chi connectivity index (χ0v) is 9.71. The fourth-order valence-corrected chi connectivity index (χ4v) is 3.12. The van der Waals surface area contributed by atoms with Crippen LogP contribution in [-0.4, -0.2) is 5.78 Å². The molecule has 0 aromatic carbocycles. The van der Waals surface area contributed by atoms with E-state index in [9.17, 15) is 4.79 Å². The molecule has 2 aromatic rings. The van der Waals surface area contributed by atoms with Gasteiger partial charge in [-0.25, -0.2) is 0 Å². The van der Waals surface area contributed by atoms with Crippen LogP contribution in [0.25, 0.3) is 0 Å². The van der Waals surface area contributed by atoms with Crippen molar-refractivity contribution in [2.75, 3.05) is 0 Å². The van der Waals surface area contributed by atoms with Gasteiger partial charge in [-0.05, 0) is 27.4 Å². The molecule has 0 spiro atoms. The molecule has 4 heteroatoms. The number of hydrogen-bond donors (Lipinski definition) is 0. The van der Waals surface area contributed by atoms with E-state index in [-0.39, 0.29) is 5.78 Å². The summed E-state index contributed by atoms with van der Waals surface area (Å²) < 4.78 is 0.885. The van der Waals surface area contributed by atoms with Crippen molar-refractivity contribution >= 4 is 44.4 Å². The first-order chi connectivity index (χ1) is 6.29. The van der Waals surface area contributed by atoms with Crippen LogP contribution < -0.4 is 0 Å². The van der Waals surface area contributed by atoms with Gasteiger partial charge in [0.05, 0.1) is 4.88 Å². The van der Waals surface area contributed by atoms with E-state index in [1.807, 2.05) is 28.3 Å². The molecule has 13 heavy (non-hydrogen) atoms. The summed E-state index contributed by atoms with van der Waals surface area (Å²) in [5.41, 5.74) is 0.757.